The number of carbonyl (C=O) groups is 2. The Labute approximate surface area is 197 Å². The van der Waals surface area contributed by atoms with Crippen LogP contribution in [0.4, 0.5) is 13.2 Å². The van der Waals surface area contributed by atoms with E-state index in [0.29, 0.717) is 0 Å². The molecule has 0 radical (unpaired) electrons. The Morgan fingerprint density at radius 1 is 1.24 bits per heavy atom. The molecule has 34 heavy (non-hydrogen) atoms. The third-order valence-corrected chi connectivity index (χ3v) is 7.31. The number of alkyl halides is 3. The molecule has 7 nitrogen and oxygen atoms in total. The van der Waals surface area contributed by atoms with Gasteiger partial charge in [0.15, 0.2) is 0 Å². The van der Waals surface area contributed by atoms with Gasteiger partial charge in [0.25, 0.3) is 5.91 Å². The first-order chi connectivity index (χ1) is 16.1. The number of ether oxygens (including phenoxy) is 1. The van der Waals surface area contributed by atoms with E-state index in [1.54, 1.807) is 12.4 Å². The first-order valence-corrected chi connectivity index (χ1v) is 11.4. The Morgan fingerprint density at radius 2 is 1.97 bits per heavy atom. The summed E-state index contributed by atoms with van der Waals surface area (Å²) in [5.41, 5.74) is 1.92. The van der Waals surface area contributed by atoms with E-state index in [0.717, 1.165) is 47.5 Å². The van der Waals surface area contributed by atoms with E-state index in [2.05, 4.69) is 15.6 Å². The summed E-state index contributed by atoms with van der Waals surface area (Å²) in [5.74, 6) is -0.841. The van der Waals surface area contributed by atoms with E-state index < -0.39 is 12.1 Å². The number of benzene rings is 1. The van der Waals surface area contributed by atoms with E-state index in [-0.39, 0.29) is 16.8 Å². The summed E-state index contributed by atoms with van der Waals surface area (Å²) in [6, 6.07) is 11.8. The Balaban J connectivity index is 0.000000344. The minimum absolute atomic E-state index is 0.128. The second-order valence-electron chi connectivity index (χ2n) is 8.29. The maximum Gasteiger partial charge on any atom is 0.490 e. The highest BCUT2D eigenvalue weighted by molar-refractivity contribution is 8.01. The molecule has 1 amide bonds. The van der Waals surface area contributed by atoms with Gasteiger partial charge in [-0.25, -0.2) is 4.79 Å². The predicted octanol–water partition coefficient (Wildman–Crippen LogP) is 3.99. The van der Waals surface area contributed by atoms with Crippen molar-refractivity contribution in [3.63, 3.8) is 0 Å². The molecule has 0 saturated carbocycles. The largest absolute Gasteiger partial charge is 0.490 e. The minimum atomic E-state index is -5.08. The lowest BCUT2D eigenvalue weighted by Gasteiger charge is -2.47. The van der Waals surface area contributed by atoms with Crippen LogP contribution in [0.3, 0.4) is 0 Å². The number of aromatic nitrogens is 2. The van der Waals surface area contributed by atoms with E-state index in [4.69, 9.17) is 14.6 Å². The van der Waals surface area contributed by atoms with E-state index >= 15 is 0 Å². The van der Waals surface area contributed by atoms with Gasteiger partial charge in [-0.05, 0) is 36.4 Å². The molecule has 5 rings (SSSR count). The zero-order chi connectivity index (χ0) is 24.5. The minimum Gasteiger partial charge on any atom is -0.488 e. The second kappa shape index (κ2) is 9.21. The Bertz CT molecular complexity index is 1190. The summed E-state index contributed by atoms with van der Waals surface area (Å²) >= 11 is 1.94. The molecular formula is C23H22F3N3O4S. The number of halogens is 3. The summed E-state index contributed by atoms with van der Waals surface area (Å²) in [5, 5.41) is 8.23. The molecular weight excluding hydrogens is 471 g/mol. The van der Waals surface area contributed by atoms with Crippen molar-refractivity contribution in [3.8, 4) is 5.75 Å². The van der Waals surface area contributed by atoms with E-state index in [9.17, 15) is 18.0 Å². The van der Waals surface area contributed by atoms with Crippen LogP contribution < -0.4 is 4.74 Å². The number of likely N-dealkylation sites (tertiary alicyclic amines) is 1. The second-order valence-corrected chi connectivity index (χ2v) is 9.78. The number of nitrogens with zero attached hydrogens (tertiary/aromatic N) is 3. The van der Waals surface area contributed by atoms with Gasteiger partial charge in [-0.1, -0.05) is 0 Å². The van der Waals surface area contributed by atoms with Gasteiger partial charge in [-0.2, -0.15) is 13.2 Å². The molecule has 180 valence electrons. The fraction of sp³-hybridized carbons (Fsp3) is 0.348. The summed E-state index contributed by atoms with van der Waals surface area (Å²) in [4.78, 5) is 27.8. The van der Waals surface area contributed by atoms with Gasteiger partial charge in [-0.3, -0.25) is 9.78 Å². The molecule has 4 heterocycles. The summed E-state index contributed by atoms with van der Waals surface area (Å²) in [6.07, 6.45) is 1.62. The van der Waals surface area contributed by atoms with Crippen LogP contribution in [0.1, 0.15) is 16.8 Å². The van der Waals surface area contributed by atoms with Crippen LogP contribution in [0.15, 0.2) is 55.0 Å². The van der Waals surface area contributed by atoms with Gasteiger partial charge in [0.05, 0.1) is 10.9 Å². The van der Waals surface area contributed by atoms with Crippen molar-refractivity contribution in [1.29, 1.82) is 0 Å². The van der Waals surface area contributed by atoms with Crippen LogP contribution in [0.5, 0.6) is 5.75 Å². The number of fused-ring (bicyclic) bond motifs is 1. The van der Waals surface area contributed by atoms with Gasteiger partial charge >= 0.3 is 12.1 Å². The van der Waals surface area contributed by atoms with Crippen LogP contribution in [0, 0.1) is 0 Å². The van der Waals surface area contributed by atoms with Crippen molar-refractivity contribution in [3.05, 3.63) is 60.6 Å². The molecule has 1 N–H and O–H groups in total. The average molecular weight is 494 g/mol. The molecule has 2 aliphatic rings. The van der Waals surface area contributed by atoms with Crippen LogP contribution in [-0.4, -0.2) is 67.3 Å². The number of pyridine rings is 1. The number of aliphatic carboxylic acids is 1. The molecule has 11 heteroatoms. The number of rotatable bonds is 3. The highest BCUT2D eigenvalue weighted by Crippen LogP contribution is 2.46. The van der Waals surface area contributed by atoms with Crippen molar-refractivity contribution in [2.75, 3.05) is 18.8 Å². The zero-order valence-electron chi connectivity index (χ0n) is 18.2. The average Bonchev–Trinajstić information content (AvgIpc) is 3.36. The Hall–Kier alpha value is -3.21. The van der Waals surface area contributed by atoms with Gasteiger partial charge in [0.2, 0.25) is 0 Å². The molecule has 1 unspecified atom stereocenters. The molecule has 2 aromatic heterocycles. The summed E-state index contributed by atoms with van der Waals surface area (Å²) in [7, 11) is 2.02. The zero-order valence-corrected chi connectivity index (χ0v) is 19.0. The highest BCUT2D eigenvalue weighted by atomic mass is 32.2. The van der Waals surface area contributed by atoms with Crippen molar-refractivity contribution in [2.24, 2.45) is 7.05 Å². The molecule has 0 aliphatic carbocycles. The molecule has 1 atom stereocenters. The molecule has 1 aromatic carbocycles. The van der Waals surface area contributed by atoms with Crippen molar-refractivity contribution >= 4 is 34.5 Å². The third-order valence-electron chi connectivity index (χ3n) is 5.73. The maximum atomic E-state index is 12.9. The quantitative estimate of drug-likeness (QED) is 0.594. The number of amides is 1. The van der Waals surface area contributed by atoms with E-state index in [1.165, 1.54) is 0 Å². The van der Waals surface area contributed by atoms with Gasteiger partial charge in [0.1, 0.15) is 11.9 Å². The molecule has 2 fully saturated rings. The highest BCUT2D eigenvalue weighted by Gasteiger charge is 2.51. The number of carboxylic acids is 1. The SMILES string of the molecule is Cn1ccc2cc(C(=O)N3CC4(CC(Oc5cccnc5)CS4)C3)ccc21.O=C(O)C(F)(F)F. The normalized spacial score (nSPS) is 18.8. The number of hydrogen-bond acceptors (Lipinski definition) is 5. The standard InChI is InChI=1S/C21H21N3O2S.C2HF3O2/c1-23-8-6-15-9-16(4-5-19(15)23)20(25)24-13-21(14-24)10-18(12-27-21)26-17-3-2-7-22-11-17;3-2(4,5)1(6)7/h2-9,11,18H,10,12-14H2,1H3;(H,6,7). The fourth-order valence-electron chi connectivity index (χ4n) is 4.10. The number of carbonyl (C=O) groups excluding carboxylic acids is 1. The van der Waals surface area contributed by atoms with Crippen LogP contribution in [0.25, 0.3) is 10.9 Å². The van der Waals surface area contributed by atoms with Gasteiger partial charge in [0, 0.05) is 61.2 Å². The first-order valence-electron chi connectivity index (χ1n) is 10.4. The third kappa shape index (κ3) is 5.14. The number of hydrogen-bond donors (Lipinski definition) is 1. The molecule has 1 spiro atoms. The topological polar surface area (TPSA) is 84.7 Å². The maximum absolute atomic E-state index is 12.9. The number of aryl methyl sites for hydroxylation is 1. The number of thioether (sulfide) groups is 1. The monoisotopic (exact) mass is 493 g/mol. The molecule has 3 aromatic rings. The Kier molecular flexibility index (Phi) is 6.48. The molecule has 2 aliphatic heterocycles. The Morgan fingerprint density at radius 3 is 2.62 bits per heavy atom. The summed E-state index contributed by atoms with van der Waals surface area (Å²) in [6.45, 7) is 1.60. The van der Waals surface area contributed by atoms with Gasteiger partial charge in [-0.15, -0.1) is 11.8 Å². The van der Waals surface area contributed by atoms with Crippen LogP contribution in [0.2, 0.25) is 0 Å². The van der Waals surface area contributed by atoms with Crippen molar-refractivity contribution in [2.45, 2.75) is 23.4 Å². The van der Waals surface area contributed by atoms with Crippen molar-refractivity contribution in [1.82, 2.24) is 14.5 Å². The number of carboxylic acid groups (broad SMARTS) is 1. The summed E-state index contributed by atoms with van der Waals surface area (Å²) < 4.78 is 40.0. The lowest BCUT2D eigenvalue weighted by Crippen LogP contribution is -2.60. The first kappa shape index (κ1) is 23.9. The van der Waals surface area contributed by atoms with Crippen molar-refractivity contribution < 1.29 is 32.6 Å². The predicted molar refractivity (Wildman–Crippen MR) is 121 cm³/mol. The van der Waals surface area contributed by atoms with E-state index in [1.807, 2.05) is 60.2 Å². The molecule has 2 saturated heterocycles. The van der Waals surface area contributed by atoms with Gasteiger partial charge < -0.3 is 19.3 Å². The van der Waals surface area contributed by atoms with Crippen LogP contribution in [-0.2, 0) is 11.8 Å². The lowest BCUT2D eigenvalue weighted by molar-refractivity contribution is -0.192. The molecule has 0 bridgehead atoms. The fourth-order valence-corrected chi connectivity index (χ4v) is 5.62. The van der Waals surface area contributed by atoms with Crippen LogP contribution >= 0.6 is 11.8 Å². The smallest absolute Gasteiger partial charge is 0.488 e. The lowest BCUT2D eigenvalue weighted by atomic mass is 9.92.